The zero-order valence-electron chi connectivity index (χ0n) is 20.1. The number of hydrogen-bond donors (Lipinski definition) is 5. The molecule has 1 saturated carbocycles. The van der Waals surface area contributed by atoms with Crippen LogP contribution in [0, 0.1) is 17.8 Å². The minimum atomic E-state index is -1.24. The number of carboxylic acids is 3. The van der Waals surface area contributed by atoms with Crippen LogP contribution in [-0.2, 0) is 36.8 Å². The molecule has 0 spiro atoms. The van der Waals surface area contributed by atoms with Crippen LogP contribution >= 0.6 is 0 Å². The average molecular weight is 511 g/mol. The number of rotatable bonds is 11. The van der Waals surface area contributed by atoms with Crippen LogP contribution in [0.2, 0.25) is 0 Å². The second-order valence-corrected chi connectivity index (χ2v) is 9.31. The summed E-state index contributed by atoms with van der Waals surface area (Å²) in [4.78, 5) is 61.4. The van der Waals surface area contributed by atoms with Gasteiger partial charge in [-0.1, -0.05) is 60.7 Å². The predicted molar refractivity (Wildman–Crippen MR) is 131 cm³/mol. The molecule has 10 heteroatoms. The molecule has 196 valence electrons. The Kier molecular flexibility index (Phi) is 9.37. The smallest absolute Gasteiger partial charge is 0.326 e. The summed E-state index contributed by atoms with van der Waals surface area (Å²) in [6.45, 7) is 0. The Morgan fingerprint density at radius 2 is 1.08 bits per heavy atom. The van der Waals surface area contributed by atoms with Crippen LogP contribution in [0.5, 0.6) is 0 Å². The number of hydrogen-bond acceptors (Lipinski definition) is 5. The summed E-state index contributed by atoms with van der Waals surface area (Å²) in [7, 11) is 0. The molecule has 1 fully saturated rings. The van der Waals surface area contributed by atoms with Gasteiger partial charge in [-0.15, -0.1) is 0 Å². The van der Waals surface area contributed by atoms with Gasteiger partial charge < -0.3 is 26.0 Å². The molecule has 10 nitrogen and oxygen atoms in total. The minimum absolute atomic E-state index is 0.0388. The summed E-state index contributed by atoms with van der Waals surface area (Å²) in [5, 5.41) is 33.7. The molecule has 2 aromatic carbocycles. The maximum absolute atomic E-state index is 13.2. The van der Waals surface area contributed by atoms with Gasteiger partial charge in [0.25, 0.3) is 0 Å². The highest BCUT2D eigenvalue weighted by atomic mass is 16.4. The van der Waals surface area contributed by atoms with E-state index in [1.54, 1.807) is 60.7 Å². The summed E-state index contributed by atoms with van der Waals surface area (Å²) in [6.07, 6.45) is -0.0560. The first kappa shape index (κ1) is 27.4. The van der Waals surface area contributed by atoms with Gasteiger partial charge in [0.15, 0.2) is 0 Å². The van der Waals surface area contributed by atoms with E-state index in [2.05, 4.69) is 10.6 Å². The topological polar surface area (TPSA) is 170 Å². The van der Waals surface area contributed by atoms with Crippen molar-refractivity contribution in [2.75, 3.05) is 0 Å². The molecule has 3 rings (SSSR count). The second-order valence-electron chi connectivity index (χ2n) is 9.31. The third kappa shape index (κ3) is 7.89. The molecule has 5 N–H and O–H groups in total. The number of amides is 2. The molecule has 5 atom stereocenters. The van der Waals surface area contributed by atoms with Crippen molar-refractivity contribution in [3.8, 4) is 0 Å². The molecule has 1 aliphatic rings. The first-order valence-electron chi connectivity index (χ1n) is 12.0. The van der Waals surface area contributed by atoms with Crippen LogP contribution in [0.15, 0.2) is 60.7 Å². The van der Waals surface area contributed by atoms with Crippen molar-refractivity contribution < 1.29 is 39.3 Å². The van der Waals surface area contributed by atoms with Crippen LogP contribution in [-0.4, -0.2) is 57.1 Å². The van der Waals surface area contributed by atoms with E-state index in [0.717, 1.165) is 0 Å². The normalized spacial score (nSPS) is 20.7. The van der Waals surface area contributed by atoms with E-state index >= 15 is 0 Å². The number of carboxylic acid groups (broad SMARTS) is 3. The number of carbonyl (C=O) groups excluding carboxylic acids is 2. The first-order chi connectivity index (χ1) is 17.6. The molecule has 0 saturated heterocycles. The zero-order chi connectivity index (χ0) is 26.9. The summed E-state index contributed by atoms with van der Waals surface area (Å²) in [5.74, 6) is -7.82. The standard InChI is InChI=1S/C27H30N2O8/c30-23(18-13-19(25(32)33)15-20(14-18)26(34)35)28-21(11-16-7-3-1-4-8-16)24(31)29-22(27(36)37)12-17-9-5-2-6-10-17/h1-10,18-22H,11-15H2,(H,28,30)(H,29,31)(H,32,33)(H,34,35)(H,36,37)/t18?,19-,20+,21-,22-/m0/s1. The lowest BCUT2D eigenvalue weighted by molar-refractivity contribution is -0.150. The lowest BCUT2D eigenvalue weighted by atomic mass is 9.74. The summed E-state index contributed by atoms with van der Waals surface area (Å²) >= 11 is 0. The Morgan fingerprint density at radius 1 is 0.649 bits per heavy atom. The monoisotopic (exact) mass is 510 g/mol. The fourth-order valence-corrected chi connectivity index (χ4v) is 4.61. The SMILES string of the molecule is O=C(N[C@@H](Cc1ccccc1)C(=O)N[C@@H](Cc1ccccc1)C(=O)O)C1C[C@@H](C(=O)O)C[C@@H](C(=O)O)C1. The van der Waals surface area contributed by atoms with Gasteiger partial charge in [0, 0.05) is 18.8 Å². The van der Waals surface area contributed by atoms with Gasteiger partial charge in [-0.05, 0) is 30.4 Å². The van der Waals surface area contributed by atoms with Gasteiger partial charge in [-0.3, -0.25) is 19.2 Å². The van der Waals surface area contributed by atoms with E-state index in [9.17, 15) is 39.3 Å². The highest BCUT2D eigenvalue weighted by Crippen LogP contribution is 2.34. The number of nitrogens with one attached hydrogen (secondary N) is 2. The van der Waals surface area contributed by atoms with Crippen LogP contribution in [0.1, 0.15) is 30.4 Å². The Balaban J connectivity index is 1.78. The molecule has 1 aliphatic carbocycles. The van der Waals surface area contributed by atoms with Gasteiger partial charge in [0.1, 0.15) is 12.1 Å². The van der Waals surface area contributed by atoms with Crippen molar-refractivity contribution in [1.82, 2.24) is 10.6 Å². The molecule has 0 radical (unpaired) electrons. The van der Waals surface area contributed by atoms with Crippen LogP contribution in [0.25, 0.3) is 0 Å². The van der Waals surface area contributed by atoms with E-state index in [0.29, 0.717) is 11.1 Å². The lowest BCUT2D eigenvalue weighted by Crippen LogP contribution is -2.54. The van der Waals surface area contributed by atoms with Gasteiger partial charge in [-0.25, -0.2) is 4.79 Å². The molecule has 0 heterocycles. The molecule has 37 heavy (non-hydrogen) atoms. The van der Waals surface area contributed by atoms with Crippen LogP contribution in [0.4, 0.5) is 0 Å². The van der Waals surface area contributed by atoms with Crippen molar-refractivity contribution in [1.29, 1.82) is 0 Å². The maximum Gasteiger partial charge on any atom is 0.326 e. The molecular formula is C27H30N2O8. The Labute approximate surface area is 213 Å². The fourth-order valence-electron chi connectivity index (χ4n) is 4.61. The van der Waals surface area contributed by atoms with Crippen molar-refractivity contribution in [3.63, 3.8) is 0 Å². The van der Waals surface area contributed by atoms with E-state index < -0.39 is 59.6 Å². The van der Waals surface area contributed by atoms with E-state index in [1.165, 1.54) is 0 Å². The zero-order valence-corrected chi connectivity index (χ0v) is 20.1. The van der Waals surface area contributed by atoms with Crippen molar-refractivity contribution in [2.24, 2.45) is 17.8 Å². The first-order valence-corrected chi connectivity index (χ1v) is 12.0. The molecule has 1 unspecified atom stereocenters. The molecule has 0 aromatic heterocycles. The van der Waals surface area contributed by atoms with Gasteiger partial charge in [0.2, 0.25) is 11.8 Å². The maximum atomic E-state index is 13.2. The summed E-state index contributed by atoms with van der Waals surface area (Å²) in [5.41, 5.74) is 1.42. The highest BCUT2D eigenvalue weighted by Gasteiger charge is 2.40. The molecule has 0 aliphatic heterocycles. The van der Waals surface area contributed by atoms with Crippen molar-refractivity contribution >= 4 is 29.7 Å². The average Bonchev–Trinajstić information content (AvgIpc) is 2.88. The molecular weight excluding hydrogens is 480 g/mol. The molecule has 2 aromatic rings. The number of carbonyl (C=O) groups is 5. The highest BCUT2D eigenvalue weighted by molar-refractivity contribution is 5.91. The van der Waals surface area contributed by atoms with Crippen molar-refractivity contribution in [3.05, 3.63) is 71.8 Å². The summed E-state index contributed by atoms with van der Waals surface area (Å²) in [6, 6.07) is 15.2. The molecule has 2 amide bonds. The van der Waals surface area contributed by atoms with E-state index in [-0.39, 0.29) is 32.1 Å². The second kappa shape index (κ2) is 12.7. The van der Waals surface area contributed by atoms with Crippen molar-refractivity contribution in [2.45, 2.75) is 44.2 Å². The Hall–Kier alpha value is -4.21. The van der Waals surface area contributed by atoms with E-state index in [4.69, 9.17) is 0 Å². The van der Waals surface area contributed by atoms with Gasteiger partial charge in [-0.2, -0.15) is 0 Å². The van der Waals surface area contributed by atoms with Gasteiger partial charge in [0.05, 0.1) is 11.8 Å². The third-order valence-electron chi connectivity index (χ3n) is 6.59. The fraction of sp³-hybridized carbons (Fsp3) is 0.370. The van der Waals surface area contributed by atoms with E-state index in [1.807, 2.05) is 0 Å². The number of benzene rings is 2. The third-order valence-corrected chi connectivity index (χ3v) is 6.59. The number of aliphatic carboxylic acids is 3. The van der Waals surface area contributed by atoms with Crippen LogP contribution in [0.3, 0.4) is 0 Å². The predicted octanol–water partition coefficient (Wildman–Crippen LogP) is 1.73. The molecule has 0 bridgehead atoms. The van der Waals surface area contributed by atoms with Crippen LogP contribution < -0.4 is 10.6 Å². The Bertz CT molecular complexity index is 1100. The largest absolute Gasteiger partial charge is 0.481 e. The minimum Gasteiger partial charge on any atom is -0.481 e. The Morgan fingerprint density at radius 3 is 1.51 bits per heavy atom. The van der Waals surface area contributed by atoms with Gasteiger partial charge >= 0.3 is 17.9 Å². The lowest BCUT2D eigenvalue weighted by Gasteiger charge is -2.31. The quantitative estimate of drug-likeness (QED) is 0.304. The summed E-state index contributed by atoms with van der Waals surface area (Å²) < 4.78 is 0.